The zero-order valence-corrected chi connectivity index (χ0v) is 22.5. The molecule has 4 heterocycles. The molecule has 1 spiro atoms. The average molecular weight is 522 g/mol. The van der Waals surface area contributed by atoms with Crippen molar-refractivity contribution < 1.29 is 33.7 Å². The standard InChI is InChI=1S/C27H43N3O7/c1-5-9-29(11-10-28-12-14-35-15-13-28)25(33)23-27-8-7-20(37-27)21(26(34)36-6-2)22(27)24(32)30(23)19(17-31)16-18(3)4/h5,18-23,31H,1,6-17H2,2-4H3/t19-,20+,21-,22-,23+,27-/m1/s1. The largest absolute Gasteiger partial charge is 0.466 e. The van der Waals surface area contributed by atoms with Gasteiger partial charge in [0, 0.05) is 32.7 Å². The summed E-state index contributed by atoms with van der Waals surface area (Å²) < 4.78 is 17.3. The van der Waals surface area contributed by atoms with Gasteiger partial charge >= 0.3 is 5.97 Å². The molecule has 0 radical (unpaired) electrons. The van der Waals surface area contributed by atoms with Gasteiger partial charge in [-0.25, -0.2) is 0 Å². The smallest absolute Gasteiger partial charge is 0.312 e. The summed E-state index contributed by atoms with van der Waals surface area (Å²) in [6, 6.07) is -1.45. The van der Waals surface area contributed by atoms with E-state index >= 15 is 0 Å². The molecule has 0 saturated carbocycles. The van der Waals surface area contributed by atoms with Crippen LogP contribution < -0.4 is 0 Å². The molecule has 4 fully saturated rings. The highest BCUT2D eigenvalue weighted by Crippen LogP contribution is 2.59. The number of amides is 2. The van der Waals surface area contributed by atoms with Gasteiger partial charge in [0.15, 0.2) is 0 Å². The molecule has 0 aromatic heterocycles. The topological polar surface area (TPSA) is 109 Å². The van der Waals surface area contributed by atoms with Crippen LogP contribution in [-0.2, 0) is 28.6 Å². The molecule has 0 aliphatic carbocycles. The maximum absolute atomic E-state index is 14.4. The number of carbonyl (C=O) groups excluding carboxylic acids is 3. The SMILES string of the molecule is C=CCN(CCN1CCOCC1)C(=O)[C@@H]1N([C@@H](CO)CC(C)C)C(=O)[C@H]2[C@H](C(=O)OCC)[C@@H]3CC[C@]12O3. The second-order valence-corrected chi connectivity index (χ2v) is 11.0. The van der Waals surface area contributed by atoms with E-state index in [0.29, 0.717) is 52.1 Å². The van der Waals surface area contributed by atoms with E-state index in [4.69, 9.17) is 14.2 Å². The fourth-order valence-corrected chi connectivity index (χ4v) is 6.80. The summed E-state index contributed by atoms with van der Waals surface area (Å²) in [6.45, 7) is 14.0. The minimum atomic E-state index is -1.10. The lowest BCUT2D eigenvalue weighted by atomic mass is 9.70. The van der Waals surface area contributed by atoms with Crippen molar-refractivity contribution >= 4 is 17.8 Å². The maximum atomic E-state index is 14.4. The Kier molecular flexibility index (Phi) is 8.93. The Bertz CT molecular complexity index is 861. The molecule has 37 heavy (non-hydrogen) atoms. The summed E-state index contributed by atoms with van der Waals surface area (Å²) in [6.07, 6.45) is 2.90. The van der Waals surface area contributed by atoms with E-state index in [1.54, 1.807) is 22.8 Å². The van der Waals surface area contributed by atoms with E-state index in [1.807, 2.05) is 13.8 Å². The number of rotatable bonds is 12. The van der Waals surface area contributed by atoms with Crippen LogP contribution in [0, 0.1) is 17.8 Å². The van der Waals surface area contributed by atoms with Crippen molar-refractivity contribution in [3.8, 4) is 0 Å². The summed E-state index contributed by atoms with van der Waals surface area (Å²) in [7, 11) is 0. The Labute approximate surface area is 219 Å². The lowest BCUT2D eigenvalue weighted by molar-refractivity contribution is -0.156. The quantitative estimate of drug-likeness (QED) is 0.295. The predicted molar refractivity (Wildman–Crippen MR) is 135 cm³/mol. The second kappa shape index (κ2) is 11.8. The first kappa shape index (κ1) is 28.0. The molecule has 4 rings (SSSR count). The summed E-state index contributed by atoms with van der Waals surface area (Å²) in [4.78, 5) is 47.0. The number of hydrogen-bond acceptors (Lipinski definition) is 8. The van der Waals surface area contributed by atoms with Gasteiger partial charge in [0.1, 0.15) is 11.6 Å². The van der Waals surface area contributed by atoms with Gasteiger partial charge in [0.05, 0.1) is 50.4 Å². The molecule has 4 aliphatic rings. The van der Waals surface area contributed by atoms with Crippen LogP contribution in [0.1, 0.15) is 40.0 Å². The molecule has 208 valence electrons. The van der Waals surface area contributed by atoms with Crippen LogP contribution in [0.15, 0.2) is 12.7 Å². The Hall–Kier alpha value is -2.01. The number of aliphatic hydroxyl groups is 1. The van der Waals surface area contributed by atoms with Crippen LogP contribution in [-0.4, -0.2) is 121 Å². The van der Waals surface area contributed by atoms with Gasteiger partial charge in [-0.1, -0.05) is 19.9 Å². The molecule has 1 N–H and O–H groups in total. The highest BCUT2D eigenvalue weighted by Gasteiger charge is 2.75. The number of esters is 1. The highest BCUT2D eigenvalue weighted by molar-refractivity contribution is 5.98. The maximum Gasteiger partial charge on any atom is 0.312 e. The van der Waals surface area contributed by atoms with Gasteiger partial charge in [-0.05, 0) is 32.1 Å². The predicted octanol–water partition coefficient (Wildman–Crippen LogP) is 0.678. The van der Waals surface area contributed by atoms with Crippen molar-refractivity contribution in [2.45, 2.75) is 63.8 Å². The summed E-state index contributed by atoms with van der Waals surface area (Å²) in [5.74, 6) is -2.27. The fraction of sp³-hybridized carbons (Fsp3) is 0.815. The molecule has 0 aromatic rings. The van der Waals surface area contributed by atoms with Crippen molar-refractivity contribution in [1.29, 1.82) is 0 Å². The van der Waals surface area contributed by atoms with E-state index in [-0.39, 0.29) is 30.9 Å². The number of nitrogens with zero attached hydrogens (tertiary/aromatic N) is 3. The van der Waals surface area contributed by atoms with Crippen LogP contribution >= 0.6 is 0 Å². The van der Waals surface area contributed by atoms with Gasteiger partial charge < -0.3 is 29.1 Å². The molecule has 4 saturated heterocycles. The molecule has 10 nitrogen and oxygen atoms in total. The first-order chi connectivity index (χ1) is 17.8. The zero-order valence-electron chi connectivity index (χ0n) is 22.5. The summed E-state index contributed by atoms with van der Waals surface area (Å²) in [5.41, 5.74) is -1.10. The molecular formula is C27H43N3O7. The number of fused-ring (bicyclic) bond motifs is 1. The first-order valence-electron chi connectivity index (χ1n) is 13.8. The van der Waals surface area contributed by atoms with Crippen LogP contribution in [0.4, 0.5) is 0 Å². The third kappa shape index (κ3) is 5.17. The molecule has 6 atom stereocenters. The number of likely N-dealkylation sites (tertiary alicyclic amines) is 1. The minimum Gasteiger partial charge on any atom is -0.466 e. The molecule has 2 amide bonds. The van der Waals surface area contributed by atoms with E-state index in [2.05, 4.69) is 11.5 Å². The summed E-state index contributed by atoms with van der Waals surface area (Å²) in [5, 5.41) is 10.4. The monoisotopic (exact) mass is 521 g/mol. The van der Waals surface area contributed by atoms with Crippen LogP contribution in [0.2, 0.25) is 0 Å². The third-order valence-corrected chi connectivity index (χ3v) is 8.33. The van der Waals surface area contributed by atoms with Crippen LogP contribution in [0.5, 0.6) is 0 Å². The number of aliphatic hydroxyl groups excluding tert-OH is 1. The Balaban J connectivity index is 1.68. The number of morpholine rings is 1. The van der Waals surface area contributed by atoms with Crippen molar-refractivity contribution in [3.05, 3.63) is 12.7 Å². The van der Waals surface area contributed by atoms with Crippen LogP contribution in [0.25, 0.3) is 0 Å². The number of carbonyl (C=O) groups is 3. The highest BCUT2D eigenvalue weighted by atomic mass is 16.6. The van der Waals surface area contributed by atoms with Crippen molar-refractivity contribution in [2.24, 2.45) is 17.8 Å². The molecule has 0 aromatic carbocycles. The van der Waals surface area contributed by atoms with Crippen LogP contribution in [0.3, 0.4) is 0 Å². The number of ether oxygens (including phenoxy) is 3. The van der Waals surface area contributed by atoms with Crippen molar-refractivity contribution in [1.82, 2.24) is 14.7 Å². The lowest BCUT2D eigenvalue weighted by Crippen LogP contribution is -2.59. The van der Waals surface area contributed by atoms with E-state index in [9.17, 15) is 19.5 Å². The van der Waals surface area contributed by atoms with Crippen molar-refractivity contribution in [3.63, 3.8) is 0 Å². The normalized spacial score (nSPS) is 32.0. The van der Waals surface area contributed by atoms with E-state index in [0.717, 1.165) is 13.1 Å². The molecule has 2 bridgehead atoms. The zero-order chi connectivity index (χ0) is 26.7. The minimum absolute atomic E-state index is 0.197. The molecular weight excluding hydrogens is 478 g/mol. The first-order valence-corrected chi connectivity index (χ1v) is 13.8. The Morgan fingerprint density at radius 1 is 1.32 bits per heavy atom. The number of hydrogen-bond donors (Lipinski definition) is 1. The van der Waals surface area contributed by atoms with Gasteiger partial charge in [-0.3, -0.25) is 19.3 Å². The van der Waals surface area contributed by atoms with Gasteiger partial charge in [0.2, 0.25) is 11.8 Å². The summed E-state index contributed by atoms with van der Waals surface area (Å²) >= 11 is 0. The Morgan fingerprint density at radius 3 is 2.68 bits per heavy atom. The van der Waals surface area contributed by atoms with Gasteiger partial charge in [0.25, 0.3) is 0 Å². The van der Waals surface area contributed by atoms with Crippen molar-refractivity contribution in [2.75, 3.05) is 59.2 Å². The third-order valence-electron chi connectivity index (χ3n) is 8.33. The molecule has 4 aliphatic heterocycles. The van der Waals surface area contributed by atoms with E-state index < -0.39 is 41.6 Å². The molecule has 0 unspecified atom stereocenters. The lowest BCUT2D eigenvalue weighted by Gasteiger charge is -2.40. The van der Waals surface area contributed by atoms with E-state index in [1.165, 1.54) is 0 Å². The van der Waals surface area contributed by atoms with Gasteiger partial charge in [-0.15, -0.1) is 6.58 Å². The molecule has 10 heteroatoms. The van der Waals surface area contributed by atoms with Gasteiger partial charge in [-0.2, -0.15) is 0 Å². The average Bonchev–Trinajstić information content (AvgIpc) is 3.52. The Morgan fingerprint density at radius 2 is 2.05 bits per heavy atom. The fourth-order valence-electron chi connectivity index (χ4n) is 6.80. The second-order valence-electron chi connectivity index (χ2n) is 11.0.